The molecule has 32 heavy (non-hydrogen) atoms. The van der Waals surface area contributed by atoms with E-state index >= 15 is 0 Å². The van der Waals surface area contributed by atoms with Crippen LogP contribution in [-0.4, -0.2) is 38.9 Å². The highest BCUT2D eigenvalue weighted by Gasteiger charge is 2.17. The molecule has 3 aromatic rings. The molecule has 0 unspecified atom stereocenters. The van der Waals surface area contributed by atoms with Gasteiger partial charge in [0.1, 0.15) is 5.75 Å². The maximum atomic E-state index is 12.3. The Bertz CT molecular complexity index is 1090. The molecule has 1 aromatic heterocycles. The topological polar surface area (TPSA) is 86.1 Å². The van der Waals surface area contributed by atoms with Gasteiger partial charge in [-0.25, -0.2) is 0 Å². The lowest BCUT2D eigenvalue weighted by molar-refractivity contribution is -0.117. The van der Waals surface area contributed by atoms with Gasteiger partial charge < -0.3 is 9.30 Å². The van der Waals surface area contributed by atoms with E-state index in [0.29, 0.717) is 11.7 Å². The zero-order chi connectivity index (χ0) is 23.1. The summed E-state index contributed by atoms with van der Waals surface area (Å²) < 4.78 is 30.6. The monoisotopic (exact) mass is 460 g/mol. The number of ether oxygens (including phenoxy) is 1. The number of halogens is 2. The quantitative estimate of drug-likeness (QED) is 0.479. The number of hydrogen-bond donors (Lipinski definition) is 1. The van der Waals surface area contributed by atoms with Crippen molar-refractivity contribution in [2.24, 2.45) is 0 Å². The van der Waals surface area contributed by atoms with Gasteiger partial charge >= 0.3 is 6.61 Å². The van der Waals surface area contributed by atoms with E-state index < -0.39 is 18.4 Å². The standard InChI is InChI=1S/C22H22F2N4O3S/c1-3-11-28-19(16-6-4-5-14(2)12-16)26-27-22(28)32-13-18(29)25-20(30)15-7-9-17(10-8-15)31-21(23)24/h4-10,12,21H,3,11,13H2,1-2H3,(H,25,29,30). The zero-order valence-corrected chi connectivity index (χ0v) is 18.4. The third-order valence-electron chi connectivity index (χ3n) is 4.37. The maximum Gasteiger partial charge on any atom is 0.387 e. The Hall–Kier alpha value is -3.27. The predicted molar refractivity (Wildman–Crippen MR) is 117 cm³/mol. The van der Waals surface area contributed by atoms with Crippen molar-refractivity contribution in [2.45, 2.75) is 38.6 Å². The molecular formula is C22H22F2N4O3S. The third kappa shape index (κ3) is 6.13. The van der Waals surface area contributed by atoms with Gasteiger partial charge in [0.15, 0.2) is 11.0 Å². The van der Waals surface area contributed by atoms with E-state index in [1.807, 2.05) is 42.7 Å². The number of carbonyl (C=O) groups is 2. The van der Waals surface area contributed by atoms with Crippen LogP contribution >= 0.6 is 11.8 Å². The molecule has 0 aliphatic carbocycles. The number of carbonyl (C=O) groups excluding carboxylic acids is 2. The van der Waals surface area contributed by atoms with E-state index in [0.717, 1.165) is 23.4 Å². The highest BCUT2D eigenvalue weighted by molar-refractivity contribution is 7.99. The van der Waals surface area contributed by atoms with Crippen molar-refractivity contribution in [3.8, 4) is 17.1 Å². The minimum Gasteiger partial charge on any atom is -0.435 e. The average molecular weight is 461 g/mol. The van der Waals surface area contributed by atoms with Gasteiger partial charge in [-0.15, -0.1) is 10.2 Å². The number of thioether (sulfide) groups is 1. The number of aryl methyl sites for hydroxylation is 1. The lowest BCUT2D eigenvalue weighted by Gasteiger charge is -2.09. The van der Waals surface area contributed by atoms with Crippen LogP contribution in [-0.2, 0) is 11.3 Å². The van der Waals surface area contributed by atoms with Crippen LogP contribution in [0.5, 0.6) is 5.75 Å². The van der Waals surface area contributed by atoms with Crippen molar-refractivity contribution in [2.75, 3.05) is 5.75 Å². The van der Waals surface area contributed by atoms with E-state index in [-0.39, 0.29) is 17.1 Å². The number of hydrogen-bond acceptors (Lipinski definition) is 6. The second kappa shape index (κ2) is 10.9. The summed E-state index contributed by atoms with van der Waals surface area (Å²) in [5.74, 6) is -0.516. The molecule has 0 radical (unpaired) electrons. The molecular weight excluding hydrogens is 438 g/mol. The van der Waals surface area contributed by atoms with Gasteiger partial charge in [0.2, 0.25) is 5.91 Å². The van der Waals surface area contributed by atoms with Crippen LogP contribution in [0.25, 0.3) is 11.4 Å². The predicted octanol–water partition coefficient (Wildman–Crippen LogP) is 4.31. The Morgan fingerprint density at radius 3 is 2.56 bits per heavy atom. The van der Waals surface area contributed by atoms with Gasteiger partial charge in [-0.05, 0) is 43.7 Å². The molecule has 0 fully saturated rings. The Morgan fingerprint density at radius 1 is 1.16 bits per heavy atom. The second-order valence-corrected chi connectivity index (χ2v) is 7.84. The van der Waals surface area contributed by atoms with Gasteiger partial charge in [0.05, 0.1) is 5.75 Å². The summed E-state index contributed by atoms with van der Waals surface area (Å²) in [5.41, 5.74) is 2.20. The SMILES string of the molecule is CCCn1c(SCC(=O)NC(=O)c2ccc(OC(F)F)cc2)nnc1-c1cccc(C)c1. The summed E-state index contributed by atoms with van der Waals surface area (Å²) in [5, 5.41) is 11.4. The molecule has 0 atom stereocenters. The lowest BCUT2D eigenvalue weighted by Crippen LogP contribution is -2.31. The molecule has 0 bridgehead atoms. The number of alkyl halides is 2. The van der Waals surface area contributed by atoms with Crippen LogP contribution in [0.1, 0.15) is 29.3 Å². The fourth-order valence-electron chi connectivity index (χ4n) is 2.97. The summed E-state index contributed by atoms with van der Waals surface area (Å²) >= 11 is 1.18. The number of rotatable bonds is 9. The smallest absolute Gasteiger partial charge is 0.387 e. The van der Waals surface area contributed by atoms with Crippen LogP contribution in [0.15, 0.2) is 53.7 Å². The Labute approximate surface area is 188 Å². The number of nitrogens with zero attached hydrogens (tertiary/aromatic N) is 3. The fraction of sp³-hybridized carbons (Fsp3) is 0.273. The van der Waals surface area contributed by atoms with Crippen LogP contribution in [0, 0.1) is 6.92 Å². The summed E-state index contributed by atoms with van der Waals surface area (Å²) in [6.07, 6.45) is 0.861. The minimum absolute atomic E-state index is 0.0337. The summed E-state index contributed by atoms with van der Waals surface area (Å²) in [6, 6.07) is 13.0. The molecule has 0 spiro atoms. The molecule has 1 N–H and O–H groups in total. The number of benzene rings is 2. The van der Waals surface area contributed by atoms with Gasteiger partial charge in [-0.1, -0.05) is 42.4 Å². The molecule has 168 valence electrons. The molecule has 0 aliphatic rings. The first kappa shape index (κ1) is 23.4. The highest BCUT2D eigenvalue weighted by atomic mass is 32.2. The van der Waals surface area contributed by atoms with Crippen LogP contribution in [0.3, 0.4) is 0 Å². The van der Waals surface area contributed by atoms with E-state index in [1.54, 1.807) is 0 Å². The third-order valence-corrected chi connectivity index (χ3v) is 5.33. The Kier molecular flexibility index (Phi) is 7.93. The number of imide groups is 1. The first-order valence-corrected chi connectivity index (χ1v) is 10.9. The normalized spacial score (nSPS) is 10.9. The molecule has 7 nitrogen and oxygen atoms in total. The van der Waals surface area contributed by atoms with E-state index in [2.05, 4.69) is 20.3 Å². The molecule has 2 amide bonds. The molecule has 0 aliphatic heterocycles. The van der Waals surface area contributed by atoms with Gasteiger partial charge in [0.25, 0.3) is 5.91 Å². The van der Waals surface area contributed by atoms with Gasteiger partial charge in [0, 0.05) is 17.7 Å². The van der Waals surface area contributed by atoms with Crippen molar-refractivity contribution >= 4 is 23.6 Å². The van der Waals surface area contributed by atoms with Gasteiger partial charge in [-0.3, -0.25) is 14.9 Å². The van der Waals surface area contributed by atoms with Crippen molar-refractivity contribution in [3.63, 3.8) is 0 Å². The molecule has 1 heterocycles. The van der Waals surface area contributed by atoms with Crippen LogP contribution < -0.4 is 10.1 Å². The Morgan fingerprint density at radius 2 is 1.91 bits per heavy atom. The van der Waals surface area contributed by atoms with Crippen molar-refractivity contribution in [1.29, 1.82) is 0 Å². The van der Waals surface area contributed by atoms with Crippen molar-refractivity contribution < 1.29 is 23.1 Å². The molecule has 10 heteroatoms. The van der Waals surface area contributed by atoms with Crippen molar-refractivity contribution in [3.05, 3.63) is 59.7 Å². The van der Waals surface area contributed by atoms with Crippen LogP contribution in [0.4, 0.5) is 8.78 Å². The maximum absolute atomic E-state index is 12.3. The molecule has 0 saturated carbocycles. The molecule has 2 aromatic carbocycles. The summed E-state index contributed by atoms with van der Waals surface area (Å²) in [4.78, 5) is 24.5. The molecule has 3 rings (SSSR count). The van der Waals surface area contributed by atoms with E-state index in [4.69, 9.17) is 0 Å². The lowest BCUT2D eigenvalue weighted by atomic mass is 10.1. The largest absolute Gasteiger partial charge is 0.435 e. The summed E-state index contributed by atoms with van der Waals surface area (Å²) in [6.45, 7) is 1.78. The second-order valence-electron chi connectivity index (χ2n) is 6.90. The van der Waals surface area contributed by atoms with E-state index in [9.17, 15) is 18.4 Å². The number of amides is 2. The number of aromatic nitrogens is 3. The highest BCUT2D eigenvalue weighted by Crippen LogP contribution is 2.25. The zero-order valence-electron chi connectivity index (χ0n) is 17.5. The van der Waals surface area contributed by atoms with Crippen LogP contribution in [0.2, 0.25) is 0 Å². The molecule has 0 saturated heterocycles. The minimum atomic E-state index is -2.95. The fourth-order valence-corrected chi connectivity index (χ4v) is 3.74. The van der Waals surface area contributed by atoms with Crippen molar-refractivity contribution in [1.82, 2.24) is 20.1 Å². The average Bonchev–Trinajstić information content (AvgIpc) is 3.15. The van der Waals surface area contributed by atoms with Gasteiger partial charge in [-0.2, -0.15) is 8.78 Å². The van der Waals surface area contributed by atoms with E-state index in [1.165, 1.54) is 36.0 Å². The first-order chi connectivity index (χ1) is 15.4. The Balaban J connectivity index is 1.62. The first-order valence-electron chi connectivity index (χ1n) is 9.89. The summed E-state index contributed by atoms with van der Waals surface area (Å²) in [7, 11) is 0. The number of nitrogens with one attached hydrogen (secondary N) is 1.